The maximum atomic E-state index is 13.8. The van der Waals surface area contributed by atoms with Crippen LogP contribution in [0.5, 0.6) is 0 Å². The Kier molecular flexibility index (Phi) is 7.93. The zero-order valence-electron chi connectivity index (χ0n) is 14.7. The first-order chi connectivity index (χ1) is 10.9. The van der Waals surface area contributed by atoms with E-state index in [2.05, 4.69) is 37.4 Å². The van der Waals surface area contributed by atoms with Crippen molar-refractivity contribution in [1.29, 1.82) is 0 Å². The van der Waals surface area contributed by atoms with Crippen LogP contribution < -0.4 is 0 Å². The van der Waals surface area contributed by atoms with Gasteiger partial charge in [0.1, 0.15) is 11.6 Å². The van der Waals surface area contributed by atoms with Gasteiger partial charge in [-0.1, -0.05) is 26.8 Å². The lowest BCUT2D eigenvalue weighted by Gasteiger charge is -2.24. The summed E-state index contributed by atoms with van der Waals surface area (Å²) in [5.74, 6) is -0.757. The lowest BCUT2D eigenvalue weighted by Crippen LogP contribution is -2.20. The predicted octanol–water partition coefficient (Wildman–Crippen LogP) is 5.05. The quantitative estimate of drug-likeness (QED) is 0.581. The summed E-state index contributed by atoms with van der Waals surface area (Å²) >= 11 is 0. The molecule has 0 spiro atoms. The smallest absolute Gasteiger partial charge is 0.135 e. The second kappa shape index (κ2) is 9.43. The van der Waals surface area contributed by atoms with Crippen LogP contribution in [0.15, 0.2) is 35.5 Å². The first-order valence-corrected chi connectivity index (χ1v) is 8.24. The Morgan fingerprint density at radius 2 is 2.00 bits per heavy atom. The molecule has 0 saturated carbocycles. The molecular weight excluding hydrogens is 294 g/mol. The molecule has 2 nitrogen and oxygen atoms in total. The van der Waals surface area contributed by atoms with Crippen LogP contribution in [-0.4, -0.2) is 30.7 Å². The van der Waals surface area contributed by atoms with Gasteiger partial charge < -0.3 is 4.90 Å². The standard InChI is InChI=1S/C19H28F2N2/c1-6-10-23(5)14(3)11-16(7-2)13-22-15(4)18-9-8-17(20)12-19(18)21/h8-9,12,16H,3,6-7,10-11,13H2,1-2,4-5H3. The van der Waals surface area contributed by atoms with Crippen LogP contribution in [0.25, 0.3) is 0 Å². The minimum absolute atomic E-state index is 0.364. The van der Waals surface area contributed by atoms with Gasteiger partial charge in [-0.25, -0.2) is 8.78 Å². The lowest BCUT2D eigenvalue weighted by molar-refractivity contribution is 0.370. The largest absolute Gasteiger partial charge is 0.378 e. The molecule has 0 heterocycles. The van der Waals surface area contributed by atoms with E-state index in [9.17, 15) is 8.78 Å². The average molecular weight is 322 g/mol. The summed E-state index contributed by atoms with van der Waals surface area (Å²) in [4.78, 5) is 6.69. The van der Waals surface area contributed by atoms with E-state index in [1.807, 2.05) is 0 Å². The molecule has 23 heavy (non-hydrogen) atoms. The Hall–Kier alpha value is -1.71. The molecule has 0 saturated heterocycles. The molecule has 0 aliphatic heterocycles. The van der Waals surface area contributed by atoms with Crippen molar-refractivity contribution in [2.45, 2.75) is 40.0 Å². The van der Waals surface area contributed by atoms with Gasteiger partial charge in [-0.3, -0.25) is 4.99 Å². The van der Waals surface area contributed by atoms with Crippen molar-refractivity contribution < 1.29 is 8.78 Å². The summed E-state index contributed by atoms with van der Waals surface area (Å²) in [5.41, 5.74) is 2.08. The molecule has 1 aromatic carbocycles. The Balaban J connectivity index is 2.70. The topological polar surface area (TPSA) is 15.6 Å². The number of nitrogens with zero attached hydrogens (tertiary/aromatic N) is 2. The van der Waals surface area contributed by atoms with Gasteiger partial charge in [0.15, 0.2) is 0 Å². The van der Waals surface area contributed by atoms with E-state index in [1.54, 1.807) is 6.92 Å². The predicted molar refractivity (Wildman–Crippen MR) is 93.9 cm³/mol. The molecule has 0 aromatic heterocycles. The van der Waals surface area contributed by atoms with Crippen LogP contribution in [-0.2, 0) is 0 Å². The van der Waals surface area contributed by atoms with Gasteiger partial charge in [0, 0.05) is 43.2 Å². The Labute approximate surface area is 138 Å². The highest BCUT2D eigenvalue weighted by atomic mass is 19.1. The van der Waals surface area contributed by atoms with Crippen LogP contribution >= 0.6 is 0 Å². The molecule has 0 bridgehead atoms. The number of hydrogen-bond acceptors (Lipinski definition) is 2. The fraction of sp³-hybridized carbons (Fsp3) is 0.526. The van der Waals surface area contributed by atoms with Crippen molar-refractivity contribution in [2.75, 3.05) is 20.1 Å². The highest BCUT2D eigenvalue weighted by Crippen LogP contribution is 2.18. The summed E-state index contributed by atoms with van der Waals surface area (Å²) in [6.07, 6.45) is 2.96. The third-order valence-corrected chi connectivity index (χ3v) is 4.11. The van der Waals surface area contributed by atoms with Crippen LogP contribution in [0, 0.1) is 17.6 Å². The van der Waals surface area contributed by atoms with Crippen molar-refractivity contribution in [3.8, 4) is 0 Å². The van der Waals surface area contributed by atoms with E-state index in [0.717, 1.165) is 37.6 Å². The monoisotopic (exact) mass is 322 g/mol. The van der Waals surface area contributed by atoms with E-state index in [1.165, 1.54) is 12.1 Å². The van der Waals surface area contributed by atoms with E-state index < -0.39 is 11.6 Å². The zero-order chi connectivity index (χ0) is 17.4. The van der Waals surface area contributed by atoms with Gasteiger partial charge >= 0.3 is 0 Å². The summed E-state index contributed by atoms with van der Waals surface area (Å²) < 4.78 is 26.7. The molecule has 0 radical (unpaired) electrons. The van der Waals surface area contributed by atoms with Crippen LogP contribution in [0.2, 0.25) is 0 Å². The van der Waals surface area contributed by atoms with Gasteiger partial charge in [0.25, 0.3) is 0 Å². The third kappa shape index (κ3) is 6.12. The van der Waals surface area contributed by atoms with E-state index >= 15 is 0 Å². The van der Waals surface area contributed by atoms with Crippen molar-refractivity contribution in [2.24, 2.45) is 10.9 Å². The van der Waals surface area contributed by atoms with Crippen molar-refractivity contribution in [1.82, 2.24) is 4.90 Å². The number of hydrogen-bond donors (Lipinski definition) is 0. The van der Waals surface area contributed by atoms with Crippen LogP contribution in [0.1, 0.15) is 45.6 Å². The maximum Gasteiger partial charge on any atom is 0.135 e. The summed E-state index contributed by atoms with van der Waals surface area (Å²) in [7, 11) is 2.06. The number of aliphatic imine (C=N–C) groups is 1. The summed E-state index contributed by atoms with van der Waals surface area (Å²) in [6, 6.07) is 3.60. The first-order valence-electron chi connectivity index (χ1n) is 8.24. The molecule has 128 valence electrons. The normalized spacial score (nSPS) is 13.0. The number of halogens is 2. The van der Waals surface area contributed by atoms with Crippen LogP contribution in [0.3, 0.4) is 0 Å². The summed E-state index contributed by atoms with van der Waals surface area (Å²) in [6.45, 7) is 11.8. The molecule has 0 N–H and O–H groups in total. The number of benzene rings is 1. The van der Waals surface area contributed by atoms with Gasteiger partial charge in [-0.2, -0.15) is 0 Å². The third-order valence-electron chi connectivity index (χ3n) is 4.11. The minimum Gasteiger partial charge on any atom is -0.378 e. The van der Waals surface area contributed by atoms with Crippen molar-refractivity contribution >= 4 is 5.71 Å². The van der Waals surface area contributed by atoms with Crippen LogP contribution in [0.4, 0.5) is 8.78 Å². The molecule has 0 aliphatic carbocycles. The Bertz CT molecular complexity index is 552. The fourth-order valence-electron chi connectivity index (χ4n) is 2.45. The molecule has 0 amide bonds. The average Bonchev–Trinajstić information content (AvgIpc) is 2.51. The highest BCUT2D eigenvalue weighted by Gasteiger charge is 2.12. The second-order valence-electron chi connectivity index (χ2n) is 6.02. The Morgan fingerprint density at radius 3 is 2.57 bits per heavy atom. The first kappa shape index (κ1) is 19.3. The number of allylic oxidation sites excluding steroid dienone is 1. The Morgan fingerprint density at radius 1 is 1.30 bits per heavy atom. The minimum atomic E-state index is -0.569. The zero-order valence-corrected chi connectivity index (χ0v) is 14.7. The molecule has 1 aromatic rings. The van der Waals surface area contributed by atoms with E-state index in [0.29, 0.717) is 23.7 Å². The van der Waals surface area contributed by atoms with Gasteiger partial charge in [0.2, 0.25) is 0 Å². The fourth-order valence-corrected chi connectivity index (χ4v) is 2.45. The maximum absolute atomic E-state index is 13.8. The molecule has 1 atom stereocenters. The molecule has 0 aliphatic rings. The molecule has 4 heteroatoms. The second-order valence-corrected chi connectivity index (χ2v) is 6.02. The lowest BCUT2D eigenvalue weighted by atomic mass is 10.00. The molecular formula is C19H28F2N2. The summed E-state index contributed by atoms with van der Waals surface area (Å²) in [5, 5.41) is 0. The van der Waals surface area contributed by atoms with Crippen molar-refractivity contribution in [3.05, 3.63) is 47.7 Å². The van der Waals surface area contributed by atoms with Gasteiger partial charge in [-0.15, -0.1) is 0 Å². The number of rotatable bonds is 9. The molecule has 1 unspecified atom stereocenters. The van der Waals surface area contributed by atoms with E-state index in [4.69, 9.17) is 0 Å². The van der Waals surface area contributed by atoms with Gasteiger partial charge in [0.05, 0.1) is 0 Å². The van der Waals surface area contributed by atoms with Gasteiger partial charge in [-0.05, 0) is 37.8 Å². The SMILES string of the molecule is C=C(CC(CC)CN=C(C)c1ccc(F)cc1F)N(C)CCC. The van der Waals surface area contributed by atoms with Crippen molar-refractivity contribution in [3.63, 3.8) is 0 Å². The molecule has 0 fully saturated rings. The highest BCUT2D eigenvalue weighted by molar-refractivity contribution is 5.98. The molecule has 1 rings (SSSR count). The van der Waals surface area contributed by atoms with E-state index in [-0.39, 0.29) is 0 Å².